The van der Waals surface area contributed by atoms with E-state index in [-0.39, 0.29) is 0 Å². The summed E-state index contributed by atoms with van der Waals surface area (Å²) in [4.78, 5) is 0. The van der Waals surface area contributed by atoms with Gasteiger partial charge in [0.25, 0.3) is 0 Å². The van der Waals surface area contributed by atoms with Crippen LogP contribution < -0.4 is 0 Å². The van der Waals surface area contributed by atoms with Crippen LogP contribution in [0.1, 0.15) is 0 Å². The van der Waals surface area contributed by atoms with Crippen LogP contribution in [-0.2, 0) is 0 Å². The highest BCUT2D eigenvalue weighted by atomic mass is 19.4. The first kappa shape index (κ1) is 14.1. The fraction of sp³-hybridized carbons (Fsp3) is 0.667. The molecule has 0 spiro atoms. The van der Waals surface area contributed by atoms with Crippen molar-refractivity contribution in [2.45, 2.75) is 24.2 Å². The molecule has 0 fully saturated rings. The molecule has 90 valence electrons. The topological polar surface area (TPSA) is 0 Å². The quantitative estimate of drug-likeness (QED) is 0.664. The second-order valence-corrected chi connectivity index (χ2v) is 2.48. The minimum atomic E-state index is -6.56. The third-order valence-electron chi connectivity index (χ3n) is 1.43. The van der Waals surface area contributed by atoms with Crippen LogP contribution in [0.25, 0.3) is 0 Å². The fourth-order valence-corrected chi connectivity index (χ4v) is 0.517. The first-order chi connectivity index (χ1) is 6.39. The van der Waals surface area contributed by atoms with Gasteiger partial charge in [0.15, 0.2) is 5.83 Å². The SMILES string of the molecule is C=C(F)C(F)(F)C(F)(F)C(F)(F)C(F)F. The highest BCUT2D eigenvalue weighted by Crippen LogP contribution is 2.51. The van der Waals surface area contributed by atoms with E-state index >= 15 is 0 Å². The molecule has 0 aromatic carbocycles. The summed E-state index contributed by atoms with van der Waals surface area (Å²) in [5, 5.41) is 0. The molecule has 0 heterocycles. The molecule has 0 aliphatic rings. The molecule has 0 saturated heterocycles. The van der Waals surface area contributed by atoms with Gasteiger partial charge in [-0.2, -0.15) is 26.3 Å². The van der Waals surface area contributed by atoms with Gasteiger partial charge in [-0.15, -0.1) is 0 Å². The van der Waals surface area contributed by atoms with Gasteiger partial charge in [-0.1, -0.05) is 6.58 Å². The molecule has 0 bridgehead atoms. The number of hydrogen-bond acceptors (Lipinski definition) is 0. The van der Waals surface area contributed by atoms with Crippen LogP contribution in [0.15, 0.2) is 12.4 Å². The molecular formula is C6H3F9. The first-order valence-electron chi connectivity index (χ1n) is 3.15. The summed E-state index contributed by atoms with van der Waals surface area (Å²) in [5.74, 6) is -22.1. The van der Waals surface area contributed by atoms with Crippen molar-refractivity contribution in [3.8, 4) is 0 Å². The zero-order valence-corrected chi connectivity index (χ0v) is 6.69. The molecule has 0 aromatic rings. The molecule has 0 aromatic heterocycles. The Hall–Kier alpha value is -0.890. The molecule has 0 N–H and O–H groups in total. The molecule has 0 rings (SSSR count). The lowest BCUT2D eigenvalue weighted by atomic mass is 10.0. The van der Waals surface area contributed by atoms with Crippen molar-refractivity contribution in [2.24, 2.45) is 0 Å². The second kappa shape index (κ2) is 3.60. The van der Waals surface area contributed by atoms with Crippen molar-refractivity contribution in [3.63, 3.8) is 0 Å². The highest BCUT2D eigenvalue weighted by molar-refractivity contribution is 5.11. The van der Waals surface area contributed by atoms with Crippen LogP contribution in [0, 0.1) is 0 Å². The maximum absolute atomic E-state index is 12.2. The molecule has 0 saturated carbocycles. The molecule has 0 amide bonds. The standard InChI is InChI=1S/C6H3F9/c1-2(7)4(10,11)6(14,15)5(12,13)3(8)9/h3H,1H2. The van der Waals surface area contributed by atoms with Crippen LogP contribution in [-0.4, -0.2) is 24.2 Å². The Kier molecular flexibility index (Phi) is 3.39. The Bertz CT molecular complexity index is 253. The number of allylic oxidation sites excluding steroid dienone is 1. The summed E-state index contributed by atoms with van der Waals surface area (Å²) in [6, 6.07) is 0. The van der Waals surface area contributed by atoms with Crippen LogP contribution in [0.4, 0.5) is 39.5 Å². The van der Waals surface area contributed by atoms with Gasteiger partial charge in [0.05, 0.1) is 0 Å². The Morgan fingerprint density at radius 3 is 1.47 bits per heavy atom. The van der Waals surface area contributed by atoms with Gasteiger partial charge in [0.2, 0.25) is 0 Å². The zero-order valence-electron chi connectivity index (χ0n) is 6.69. The summed E-state index contributed by atoms with van der Waals surface area (Å²) < 4.78 is 107. The van der Waals surface area contributed by atoms with E-state index in [9.17, 15) is 39.5 Å². The minimum Gasteiger partial charge on any atom is -0.206 e. The van der Waals surface area contributed by atoms with E-state index in [1.807, 2.05) is 0 Å². The molecule has 0 aliphatic carbocycles. The summed E-state index contributed by atoms with van der Waals surface area (Å²) in [6.45, 7) is 1.69. The normalized spacial score (nSPS) is 14.5. The van der Waals surface area contributed by atoms with Gasteiger partial charge >= 0.3 is 24.2 Å². The summed E-state index contributed by atoms with van der Waals surface area (Å²) in [5.41, 5.74) is 0. The smallest absolute Gasteiger partial charge is 0.206 e. The average Bonchev–Trinajstić information content (AvgIpc) is 2.02. The number of hydrogen-bond donors (Lipinski definition) is 0. The number of alkyl halides is 8. The maximum Gasteiger partial charge on any atom is 0.384 e. The van der Waals surface area contributed by atoms with Gasteiger partial charge < -0.3 is 0 Å². The summed E-state index contributed by atoms with van der Waals surface area (Å²) in [7, 11) is 0. The predicted molar refractivity (Wildman–Crippen MR) is 31.1 cm³/mol. The minimum absolute atomic E-state index is 1.69. The van der Waals surface area contributed by atoms with E-state index < -0.39 is 30.0 Å². The molecule has 0 nitrogen and oxygen atoms in total. The lowest BCUT2D eigenvalue weighted by molar-refractivity contribution is -0.331. The van der Waals surface area contributed by atoms with Crippen molar-refractivity contribution in [2.75, 3.05) is 0 Å². The summed E-state index contributed by atoms with van der Waals surface area (Å²) >= 11 is 0. The van der Waals surface area contributed by atoms with Crippen molar-refractivity contribution in [1.82, 2.24) is 0 Å². The molecule has 15 heavy (non-hydrogen) atoms. The van der Waals surface area contributed by atoms with Gasteiger partial charge in [-0.05, 0) is 0 Å². The van der Waals surface area contributed by atoms with Crippen molar-refractivity contribution in [1.29, 1.82) is 0 Å². The maximum atomic E-state index is 12.2. The van der Waals surface area contributed by atoms with Crippen molar-refractivity contribution in [3.05, 3.63) is 12.4 Å². The predicted octanol–water partition coefficient (Wildman–Crippen LogP) is 3.64. The second-order valence-electron chi connectivity index (χ2n) is 2.48. The fourth-order valence-electron chi connectivity index (χ4n) is 0.517. The molecular weight excluding hydrogens is 243 g/mol. The third kappa shape index (κ3) is 1.91. The average molecular weight is 246 g/mol. The van der Waals surface area contributed by atoms with Crippen LogP contribution in [0.5, 0.6) is 0 Å². The van der Waals surface area contributed by atoms with Crippen LogP contribution >= 0.6 is 0 Å². The first-order valence-corrected chi connectivity index (χ1v) is 3.15. The molecule has 0 radical (unpaired) electrons. The largest absolute Gasteiger partial charge is 0.384 e. The summed E-state index contributed by atoms with van der Waals surface area (Å²) in [6.07, 6.45) is -5.06. The lowest BCUT2D eigenvalue weighted by Crippen LogP contribution is -2.57. The zero-order chi connectivity index (χ0) is 12.7. The van der Waals surface area contributed by atoms with E-state index in [0.717, 1.165) is 0 Å². The van der Waals surface area contributed by atoms with E-state index in [4.69, 9.17) is 0 Å². The molecule has 0 unspecified atom stereocenters. The van der Waals surface area contributed by atoms with E-state index in [2.05, 4.69) is 0 Å². The molecule has 9 heteroatoms. The van der Waals surface area contributed by atoms with Gasteiger partial charge in [-0.3, -0.25) is 0 Å². The van der Waals surface area contributed by atoms with Crippen molar-refractivity contribution < 1.29 is 39.5 Å². The molecule has 0 aliphatic heterocycles. The Labute approximate surface area is 77.4 Å². The number of rotatable bonds is 4. The number of halogens is 9. The van der Waals surface area contributed by atoms with Gasteiger partial charge in [-0.25, -0.2) is 13.2 Å². The lowest BCUT2D eigenvalue weighted by Gasteiger charge is -2.30. The molecule has 0 atom stereocenters. The third-order valence-corrected chi connectivity index (χ3v) is 1.43. The van der Waals surface area contributed by atoms with Crippen LogP contribution in [0.2, 0.25) is 0 Å². The van der Waals surface area contributed by atoms with Crippen LogP contribution in [0.3, 0.4) is 0 Å². The van der Waals surface area contributed by atoms with Crippen molar-refractivity contribution >= 4 is 0 Å². The van der Waals surface area contributed by atoms with E-state index in [0.29, 0.717) is 0 Å². The van der Waals surface area contributed by atoms with Gasteiger partial charge in [0, 0.05) is 0 Å². The monoisotopic (exact) mass is 246 g/mol. The Morgan fingerprint density at radius 1 is 0.933 bits per heavy atom. The Morgan fingerprint density at radius 2 is 1.27 bits per heavy atom. The highest BCUT2D eigenvalue weighted by Gasteiger charge is 2.76. The van der Waals surface area contributed by atoms with E-state index in [1.165, 1.54) is 0 Å². The van der Waals surface area contributed by atoms with E-state index in [1.54, 1.807) is 6.58 Å². The van der Waals surface area contributed by atoms with Gasteiger partial charge in [0.1, 0.15) is 0 Å². The Balaban J connectivity index is 5.40.